The first-order valence-corrected chi connectivity index (χ1v) is 27.5. The van der Waals surface area contributed by atoms with E-state index in [1.165, 1.54) is 122 Å². The molecule has 0 heterocycles. The Labute approximate surface area is 457 Å². The van der Waals surface area contributed by atoms with Crippen molar-refractivity contribution in [2.24, 2.45) is 0 Å². The van der Waals surface area contributed by atoms with Gasteiger partial charge in [0.05, 0.1) is 10.8 Å². The third-order valence-corrected chi connectivity index (χ3v) is 18.2. The van der Waals surface area contributed by atoms with Crippen LogP contribution in [-0.4, -0.2) is 0 Å². The van der Waals surface area contributed by atoms with E-state index in [4.69, 9.17) is 0 Å². The molecule has 0 aliphatic heterocycles. The third-order valence-electron chi connectivity index (χ3n) is 18.2. The molecule has 0 unspecified atom stereocenters. The highest BCUT2D eigenvalue weighted by molar-refractivity contribution is 6.03. The van der Waals surface area contributed by atoms with E-state index < -0.39 is 10.8 Å². The van der Waals surface area contributed by atoms with Gasteiger partial charge in [-0.2, -0.15) is 0 Å². The van der Waals surface area contributed by atoms with Gasteiger partial charge in [0.1, 0.15) is 0 Å². The number of benzene rings is 12. The molecule has 0 atom stereocenters. The summed E-state index contributed by atoms with van der Waals surface area (Å²) in [5.74, 6) is 0. The lowest BCUT2D eigenvalue weighted by atomic mass is 9.67. The van der Waals surface area contributed by atoms with E-state index in [9.17, 15) is 0 Å². The van der Waals surface area contributed by atoms with Crippen LogP contribution in [0.1, 0.15) is 69.5 Å². The van der Waals surface area contributed by atoms with Crippen LogP contribution in [0.5, 0.6) is 0 Å². The summed E-state index contributed by atoms with van der Waals surface area (Å²) in [4.78, 5) is 2.54. The molecule has 12 aromatic rings. The highest BCUT2D eigenvalue weighted by Gasteiger charge is 2.53. The first kappa shape index (κ1) is 44.7. The van der Waals surface area contributed by atoms with Gasteiger partial charge in [-0.1, -0.05) is 263 Å². The summed E-state index contributed by atoms with van der Waals surface area (Å²) in [7, 11) is 0. The smallest absolute Gasteiger partial charge is 0.0731 e. The van der Waals surface area contributed by atoms with Gasteiger partial charge in [-0.05, 0) is 159 Å². The van der Waals surface area contributed by atoms with Gasteiger partial charge in [-0.15, -0.1) is 0 Å². The zero-order chi connectivity index (χ0) is 51.7. The monoisotopic (exact) mass is 991 g/mol. The Morgan fingerprint density at radius 1 is 0.244 bits per heavy atom. The molecule has 0 N–H and O–H groups in total. The average molecular weight is 992 g/mol. The summed E-state index contributed by atoms with van der Waals surface area (Å²) in [5.41, 5.74) is 30.4. The summed E-state index contributed by atoms with van der Waals surface area (Å²) in [6, 6.07) is 108. The molecule has 0 fully saturated rings. The molecule has 0 aromatic heterocycles. The van der Waals surface area contributed by atoms with Crippen LogP contribution < -0.4 is 4.90 Å². The molecule has 1 spiro atoms. The maximum atomic E-state index is 2.54. The largest absolute Gasteiger partial charge is 0.310 e. The van der Waals surface area contributed by atoms with Crippen molar-refractivity contribution in [2.75, 3.05) is 4.90 Å². The van der Waals surface area contributed by atoms with Crippen LogP contribution in [0.15, 0.2) is 285 Å². The molecule has 78 heavy (non-hydrogen) atoms. The van der Waals surface area contributed by atoms with Crippen LogP contribution in [0.4, 0.5) is 17.1 Å². The molecule has 366 valence electrons. The van der Waals surface area contributed by atoms with Crippen molar-refractivity contribution < 1.29 is 0 Å². The number of fused-ring (bicyclic) bond motifs is 16. The van der Waals surface area contributed by atoms with Gasteiger partial charge in [0.25, 0.3) is 0 Å². The van der Waals surface area contributed by atoms with Gasteiger partial charge in [0.2, 0.25) is 0 Å². The van der Waals surface area contributed by atoms with Crippen LogP contribution in [0, 0.1) is 0 Å². The van der Waals surface area contributed by atoms with Crippen molar-refractivity contribution in [2.45, 2.75) is 30.1 Å². The van der Waals surface area contributed by atoms with E-state index in [1.807, 2.05) is 0 Å². The molecular formula is C77H53N. The van der Waals surface area contributed by atoms with Crippen molar-refractivity contribution in [1.29, 1.82) is 0 Å². The standard InChI is InChI=1S/C77H53N/c1-75(2)66-38-16-12-31-59(66)63-45-43-55(48-71(63)75)78(56-44-46-64-62-34-13-17-39-67(62)76(72(64)49-56,52-26-8-4-9-27-52)53-28-10-5-11-29-53)54-30-20-25-51(47-54)58-36-21-37-65-73-57(50-23-6-3-7-24-50)35-22-42-70(73)77(74(58)65)68-40-18-14-32-60(68)61-33-15-19-41-69(61)77/h3-49H,1-2H3. The Morgan fingerprint density at radius 2 is 0.641 bits per heavy atom. The molecule has 0 saturated carbocycles. The molecule has 1 nitrogen and oxygen atoms in total. The van der Waals surface area contributed by atoms with Crippen molar-refractivity contribution >= 4 is 17.1 Å². The normalized spacial score (nSPS) is 14.6. The van der Waals surface area contributed by atoms with Crippen LogP contribution >= 0.6 is 0 Å². The Morgan fingerprint density at radius 3 is 1.26 bits per heavy atom. The minimum Gasteiger partial charge on any atom is -0.310 e. The Bertz CT molecular complexity index is 4330. The van der Waals surface area contributed by atoms with Gasteiger partial charge in [0, 0.05) is 22.5 Å². The maximum absolute atomic E-state index is 2.54. The fourth-order valence-electron chi connectivity index (χ4n) is 15.0. The summed E-state index contributed by atoms with van der Waals surface area (Å²) in [6.07, 6.45) is 0. The van der Waals surface area contributed by atoms with Crippen molar-refractivity contribution in [3.63, 3.8) is 0 Å². The number of hydrogen-bond acceptors (Lipinski definition) is 1. The number of nitrogens with zero attached hydrogens (tertiary/aromatic N) is 1. The summed E-state index contributed by atoms with van der Waals surface area (Å²) >= 11 is 0. The van der Waals surface area contributed by atoms with Crippen LogP contribution in [0.25, 0.3) is 66.8 Å². The van der Waals surface area contributed by atoms with Gasteiger partial charge in [0.15, 0.2) is 0 Å². The van der Waals surface area contributed by atoms with E-state index in [0.29, 0.717) is 0 Å². The highest BCUT2D eigenvalue weighted by atomic mass is 15.1. The molecule has 1 heteroatoms. The molecule has 16 rings (SSSR count). The summed E-state index contributed by atoms with van der Waals surface area (Å²) in [5, 5.41) is 0. The van der Waals surface area contributed by atoms with Crippen LogP contribution in [-0.2, 0) is 16.2 Å². The van der Waals surface area contributed by atoms with Crippen molar-refractivity contribution in [1.82, 2.24) is 0 Å². The highest BCUT2D eigenvalue weighted by Crippen LogP contribution is 2.66. The third kappa shape index (κ3) is 5.96. The second kappa shape index (κ2) is 16.7. The van der Waals surface area contributed by atoms with E-state index in [2.05, 4.69) is 304 Å². The minimum absolute atomic E-state index is 0.189. The van der Waals surface area contributed by atoms with Gasteiger partial charge >= 0.3 is 0 Å². The minimum atomic E-state index is -0.556. The zero-order valence-electron chi connectivity index (χ0n) is 43.6. The zero-order valence-corrected chi connectivity index (χ0v) is 43.6. The summed E-state index contributed by atoms with van der Waals surface area (Å²) < 4.78 is 0. The van der Waals surface area contributed by atoms with Crippen molar-refractivity contribution in [3.05, 3.63) is 341 Å². The number of rotatable bonds is 7. The Kier molecular flexibility index (Phi) is 9.58. The SMILES string of the molecule is CC1(C)c2ccccc2-c2ccc(N(c3cccc(-c4cccc5c4C4(c6ccccc6-c6ccccc64)c4cccc(-c6ccccc6)c4-5)c3)c3ccc4c(c3)C(c3ccccc3)(c3ccccc3)c3ccccc3-4)cc21. The quantitative estimate of drug-likeness (QED) is 0.154. The second-order valence-corrected chi connectivity index (χ2v) is 22.2. The van der Waals surface area contributed by atoms with Crippen molar-refractivity contribution in [3.8, 4) is 66.8 Å². The molecule has 0 amide bonds. The molecule has 12 aromatic carbocycles. The first-order chi connectivity index (χ1) is 38.5. The average Bonchev–Trinajstić information content (AvgIpc) is 3.61. The molecule has 0 saturated heterocycles. The molecule has 0 radical (unpaired) electrons. The molecule has 4 aliphatic carbocycles. The lowest BCUT2D eigenvalue weighted by Gasteiger charge is -2.35. The second-order valence-electron chi connectivity index (χ2n) is 22.2. The Balaban J connectivity index is 0.956. The van der Waals surface area contributed by atoms with E-state index in [1.54, 1.807) is 0 Å². The molecular weight excluding hydrogens is 939 g/mol. The van der Waals surface area contributed by atoms with Crippen LogP contribution in [0.2, 0.25) is 0 Å². The van der Waals surface area contributed by atoms with E-state index >= 15 is 0 Å². The van der Waals surface area contributed by atoms with E-state index in [-0.39, 0.29) is 5.41 Å². The Hall–Kier alpha value is -9.56. The molecule has 0 bridgehead atoms. The predicted octanol–water partition coefficient (Wildman–Crippen LogP) is 19.5. The molecule has 4 aliphatic rings. The number of anilines is 3. The number of hydrogen-bond donors (Lipinski definition) is 0. The van der Waals surface area contributed by atoms with Gasteiger partial charge in [-0.3, -0.25) is 0 Å². The van der Waals surface area contributed by atoms with Gasteiger partial charge in [-0.25, -0.2) is 0 Å². The first-order valence-electron chi connectivity index (χ1n) is 27.5. The lowest BCUT2D eigenvalue weighted by Crippen LogP contribution is -2.28. The maximum Gasteiger partial charge on any atom is 0.0731 e. The van der Waals surface area contributed by atoms with E-state index in [0.717, 1.165) is 17.1 Å². The van der Waals surface area contributed by atoms with Crippen LogP contribution in [0.3, 0.4) is 0 Å². The van der Waals surface area contributed by atoms with Gasteiger partial charge < -0.3 is 4.90 Å². The topological polar surface area (TPSA) is 3.24 Å². The fraction of sp³-hybridized carbons (Fsp3) is 0.0649. The predicted molar refractivity (Wildman–Crippen MR) is 323 cm³/mol. The summed E-state index contributed by atoms with van der Waals surface area (Å²) in [6.45, 7) is 4.78. The fourth-order valence-corrected chi connectivity index (χ4v) is 15.0. The lowest BCUT2D eigenvalue weighted by molar-refractivity contribution is 0.660.